The van der Waals surface area contributed by atoms with Gasteiger partial charge in [0.05, 0.1) is 13.2 Å². The van der Waals surface area contributed by atoms with Gasteiger partial charge in [0, 0.05) is 24.2 Å². The van der Waals surface area contributed by atoms with E-state index >= 15 is 0 Å². The van der Waals surface area contributed by atoms with E-state index in [-0.39, 0.29) is 12.6 Å². The largest absolute Gasteiger partial charge is 0.401 e. The molecule has 2 saturated carbocycles. The Labute approximate surface area is 112 Å². The van der Waals surface area contributed by atoms with Crippen molar-refractivity contribution in [2.45, 2.75) is 62.8 Å². The van der Waals surface area contributed by atoms with Crippen molar-refractivity contribution in [3.05, 3.63) is 0 Å². The van der Waals surface area contributed by atoms with E-state index in [9.17, 15) is 18.3 Å². The molecule has 0 aromatic rings. The number of hydrogen-bond donors (Lipinski definition) is 2. The smallest absolute Gasteiger partial charge is 0.394 e. The standard InChI is InChI=1S/C13H23F3N2O/c1-12(9-19,17-10-2-3-10)6-7-18(11-4-5-11)8-13(14,15)16/h10-11,17,19H,2-9H2,1H3. The number of nitrogens with one attached hydrogen (secondary N) is 1. The van der Waals surface area contributed by atoms with Crippen LogP contribution in [0.15, 0.2) is 0 Å². The number of halogens is 3. The van der Waals surface area contributed by atoms with Crippen molar-refractivity contribution < 1.29 is 18.3 Å². The molecule has 0 spiro atoms. The van der Waals surface area contributed by atoms with Crippen LogP contribution in [0.3, 0.4) is 0 Å². The highest BCUT2D eigenvalue weighted by Crippen LogP contribution is 2.31. The first-order chi connectivity index (χ1) is 8.81. The molecule has 0 aliphatic heterocycles. The summed E-state index contributed by atoms with van der Waals surface area (Å²) in [6, 6.07) is 0.527. The third-order valence-electron chi connectivity index (χ3n) is 3.88. The second-order valence-electron chi connectivity index (χ2n) is 6.20. The Hall–Kier alpha value is -0.330. The Balaban J connectivity index is 1.82. The molecule has 3 nitrogen and oxygen atoms in total. The van der Waals surface area contributed by atoms with E-state index in [1.807, 2.05) is 6.92 Å². The summed E-state index contributed by atoms with van der Waals surface area (Å²) in [5, 5.41) is 12.8. The second-order valence-corrected chi connectivity index (χ2v) is 6.20. The monoisotopic (exact) mass is 280 g/mol. The van der Waals surface area contributed by atoms with Gasteiger partial charge in [-0.3, -0.25) is 4.90 Å². The average Bonchev–Trinajstić information content (AvgIpc) is 3.14. The summed E-state index contributed by atoms with van der Waals surface area (Å²) in [6.45, 7) is 1.42. The number of alkyl halides is 3. The molecular weight excluding hydrogens is 257 g/mol. The highest BCUT2D eigenvalue weighted by molar-refractivity contribution is 4.94. The van der Waals surface area contributed by atoms with Crippen molar-refractivity contribution in [3.8, 4) is 0 Å². The van der Waals surface area contributed by atoms with Crippen LogP contribution in [0.25, 0.3) is 0 Å². The molecular formula is C13H23F3N2O. The minimum atomic E-state index is -4.14. The van der Waals surface area contributed by atoms with Gasteiger partial charge in [-0.1, -0.05) is 0 Å². The summed E-state index contributed by atoms with van der Waals surface area (Å²) in [4.78, 5) is 1.52. The molecule has 0 amide bonds. The van der Waals surface area contributed by atoms with Gasteiger partial charge >= 0.3 is 6.18 Å². The minimum absolute atomic E-state index is 0.0337. The molecule has 2 fully saturated rings. The maximum Gasteiger partial charge on any atom is 0.401 e. The fourth-order valence-electron chi connectivity index (χ4n) is 2.37. The van der Waals surface area contributed by atoms with Crippen LogP contribution in [0.4, 0.5) is 13.2 Å². The van der Waals surface area contributed by atoms with Crippen molar-refractivity contribution in [3.63, 3.8) is 0 Å². The van der Waals surface area contributed by atoms with Crippen molar-refractivity contribution in [1.29, 1.82) is 0 Å². The number of hydrogen-bond acceptors (Lipinski definition) is 3. The Bertz CT molecular complexity index is 303. The molecule has 2 aliphatic carbocycles. The maximum absolute atomic E-state index is 12.5. The van der Waals surface area contributed by atoms with E-state index in [1.54, 1.807) is 0 Å². The fraction of sp³-hybridized carbons (Fsp3) is 1.00. The third kappa shape index (κ3) is 5.28. The topological polar surface area (TPSA) is 35.5 Å². The van der Waals surface area contributed by atoms with Gasteiger partial charge in [-0.15, -0.1) is 0 Å². The quantitative estimate of drug-likeness (QED) is 0.713. The van der Waals surface area contributed by atoms with Crippen LogP contribution in [-0.4, -0.2) is 53.5 Å². The van der Waals surface area contributed by atoms with Gasteiger partial charge in [-0.05, 0) is 39.0 Å². The van der Waals surface area contributed by atoms with Crippen LogP contribution in [-0.2, 0) is 0 Å². The summed E-state index contributed by atoms with van der Waals surface area (Å²) < 4.78 is 37.5. The van der Waals surface area contributed by atoms with Gasteiger partial charge in [0.1, 0.15) is 0 Å². The van der Waals surface area contributed by atoms with Gasteiger partial charge in [0.25, 0.3) is 0 Å². The number of nitrogens with zero attached hydrogens (tertiary/aromatic N) is 1. The van der Waals surface area contributed by atoms with Crippen molar-refractivity contribution in [2.24, 2.45) is 0 Å². The lowest BCUT2D eigenvalue weighted by molar-refractivity contribution is -0.147. The molecule has 0 aromatic carbocycles. The zero-order chi connectivity index (χ0) is 14.1. The fourth-order valence-corrected chi connectivity index (χ4v) is 2.37. The summed E-state index contributed by atoms with van der Waals surface area (Å²) in [7, 11) is 0. The van der Waals surface area contributed by atoms with E-state index in [0.717, 1.165) is 25.7 Å². The van der Waals surface area contributed by atoms with Gasteiger partial charge < -0.3 is 10.4 Å². The SMILES string of the molecule is CC(CO)(CCN(CC(F)(F)F)C1CC1)NC1CC1. The molecule has 1 atom stereocenters. The van der Waals surface area contributed by atoms with Gasteiger partial charge in [-0.25, -0.2) is 0 Å². The summed E-state index contributed by atoms with van der Waals surface area (Å²) >= 11 is 0. The molecule has 0 saturated heterocycles. The molecule has 19 heavy (non-hydrogen) atoms. The highest BCUT2D eigenvalue weighted by atomic mass is 19.4. The second kappa shape index (κ2) is 5.58. The normalized spacial score (nSPS) is 23.7. The van der Waals surface area contributed by atoms with Crippen LogP contribution in [0, 0.1) is 0 Å². The Morgan fingerprint density at radius 1 is 1.21 bits per heavy atom. The number of aliphatic hydroxyl groups excluding tert-OH is 1. The lowest BCUT2D eigenvalue weighted by atomic mass is 9.98. The van der Waals surface area contributed by atoms with E-state index in [1.165, 1.54) is 4.90 Å². The Kier molecular flexibility index (Phi) is 4.42. The van der Waals surface area contributed by atoms with E-state index in [4.69, 9.17) is 0 Å². The van der Waals surface area contributed by atoms with Crippen LogP contribution < -0.4 is 5.32 Å². The van der Waals surface area contributed by atoms with Gasteiger partial charge in [-0.2, -0.15) is 13.2 Å². The molecule has 2 aliphatic rings. The van der Waals surface area contributed by atoms with E-state index < -0.39 is 18.3 Å². The third-order valence-corrected chi connectivity index (χ3v) is 3.88. The van der Waals surface area contributed by atoms with E-state index in [0.29, 0.717) is 19.0 Å². The van der Waals surface area contributed by atoms with Crippen LogP contribution >= 0.6 is 0 Å². The van der Waals surface area contributed by atoms with Gasteiger partial charge in [0.2, 0.25) is 0 Å². The van der Waals surface area contributed by atoms with Crippen molar-refractivity contribution in [2.75, 3.05) is 19.7 Å². The summed E-state index contributed by atoms with van der Waals surface area (Å²) in [5.41, 5.74) is -0.458. The predicted octanol–water partition coefficient (Wildman–Crippen LogP) is 1.91. The molecule has 2 rings (SSSR count). The first kappa shape index (κ1) is 15.1. The minimum Gasteiger partial charge on any atom is -0.394 e. The first-order valence-corrected chi connectivity index (χ1v) is 7.01. The Morgan fingerprint density at radius 3 is 2.26 bits per heavy atom. The number of rotatable bonds is 8. The summed E-state index contributed by atoms with van der Waals surface area (Å²) in [5.74, 6) is 0. The molecule has 2 N–H and O–H groups in total. The molecule has 0 radical (unpaired) electrons. The van der Waals surface area contributed by atoms with Crippen LogP contribution in [0.2, 0.25) is 0 Å². The number of aliphatic hydroxyl groups is 1. The van der Waals surface area contributed by atoms with E-state index in [2.05, 4.69) is 5.32 Å². The molecule has 6 heteroatoms. The van der Waals surface area contributed by atoms with Crippen molar-refractivity contribution >= 4 is 0 Å². The lowest BCUT2D eigenvalue weighted by Gasteiger charge is -2.32. The van der Waals surface area contributed by atoms with Crippen LogP contribution in [0.5, 0.6) is 0 Å². The molecule has 0 bridgehead atoms. The van der Waals surface area contributed by atoms with Gasteiger partial charge in [0.15, 0.2) is 0 Å². The maximum atomic E-state index is 12.5. The lowest BCUT2D eigenvalue weighted by Crippen LogP contribution is -2.50. The van der Waals surface area contributed by atoms with Crippen LogP contribution in [0.1, 0.15) is 39.0 Å². The summed E-state index contributed by atoms with van der Waals surface area (Å²) in [6.07, 6.45) is 0.341. The highest BCUT2D eigenvalue weighted by Gasteiger charge is 2.39. The molecule has 112 valence electrons. The molecule has 1 unspecified atom stereocenters. The average molecular weight is 280 g/mol. The Morgan fingerprint density at radius 2 is 1.84 bits per heavy atom. The predicted molar refractivity (Wildman–Crippen MR) is 66.9 cm³/mol. The first-order valence-electron chi connectivity index (χ1n) is 7.01. The zero-order valence-electron chi connectivity index (χ0n) is 11.3. The molecule has 0 aromatic heterocycles. The van der Waals surface area contributed by atoms with Crippen molar-refractivity contribution in [1.82, 2.24) is 10.2 Å². The molecule has 0 heterocycles. The zero-order valence-corrected chi connectivity index (χ0v) is 11.3.